The third-order valence-corrected chi connectivity index (χ3v) is 4.62. The molecule has 0 aliphatic rings. The van der Waals surface area contributed by atoms with Crippen molar-refractivity contribution in [3.8, 4) is 0 Å². The molecule has 0 atom stereocenters. The summed E-state index contributed by atoms with van der Waals surface area (Å²) in [6.07, 6.45) is 0.891. The maximum Gasteiger partial charge on any atom is 0.208 e. The van der Waals surface area contributed by atoms with E-state index in [9.17, 15) is 0 Å². The smallest absolute Gasteiger partial charge is 0.208 e. The molecule has 0 bridgehead atoms. The van der Waals surface area contributed by atoms with Crippen molar-refractivity contribution in [1.29, 1.82) is 0 Å². The molecule has 2 N–H and O–H groups in total. The van der Waals surface area contributed by atoms with Gasteiger partial charge in [-0.3, -0.25) is 0 Å². The summed E-state index contributed by atoms with van der Waals surface area (Å²) in [5.74, 6) is 0. The zero-order valence-electron chi connectivity index (χ0n) is 10.5. The third-order valence-electron chi connectivity index (χ3n) is 2.36. The van der Waals surface area contributed by atoms with Crippen LogP contribution in [0, 0.1) is 0 Å². The number of rotatable bonds is 5. The predicted molar refractivity (Wildman–Crippen MR) is 77.6 cm³/mol. The highest BCUT2D eigenvalue weighted by Crippen LogP contribution is 2.34. The van der Waals surface area contributed by atoms with Crippen LogP contribution in [-0.2, 0) is 6.42 Å². The summed E-state index contributed by atoms with van der Waals surface area (Å²) in [5, 5.41) is 9.25. The van der Waals surface area contributed by atoms with Gasteiger partial charge >= 0.3 is 0 Å². The quantitative estimate of drug-likeness (QED) is 0.910. The highest BCUT2D eigenvalue weighted by Gasteiger charge is 2.09. The fourth-order valence-electron chi connectivity index (χ4n) is 1.48. The second-order valence-electron chi connectivity index (χ2n) is 3.99. The van der Waals surface area contributed by atoms with Gasteiger partial charge in [-0.25, -0.2) is 0 Å². The van der Waals surface area contributed by atoms with E-state index in [1.165, 1.54) is 10.5 Å². The van der Waals surface area contributed by atoms with E-state index < -0.39 is 0 Å². The number of anilines is 1. The van der Waals surface area contributed by atoms with Crippen molar-refractivity contribution in [2.75, 3.05) is 25.5 Å². The summed E-state index contributed by atoms with van der Waals surface area (Å²) in [6.45, 7) is 0.663. The van der Waals surface area contributed by atoms with Gasteiger partial charge in [0.05, 0.1) is 0 Å². The first-order chi connectivity index (χ1) is 8.70. The highest BCUT2D eigenvalue weighted by atomic mass is 32.2. The second kappa shape index (κ2) is 6.17. The summed E-state index contributed by atoms with van der Waals surface area (Å²) in [5.41, 5.74) is 6.90. The lowest BCUT2D eigenvalue weighted by molar-refractivity contribution is 0.941. The molecule has 1 aromatic heterocycles. The highest BCUT2D eigenvalue weighted by molar-refractivity contribution is 8.01. The molecule has 2 aromatic rings. The zero-order chi connectivity index (χ0) is 13.0. The summed E-state index contributed by atoms with van der Waals surface area (Å²) in [4.78, 5) is 3.18. The Bertz CT molecular complexity index is 510. The first kappa shape index (κ1) is 13.3. The van der Waals surface area contributed by atoms with E-state index in [4.69, 9.17) is 5.73 Å². The van der Waals surface area contributed by atoms with Crippen molar-refractivity contribution in [2.45, 2.75) is 15.7 Å². The molecule has 6 heteroatoms. The molecular formula is C12H16N4S2. The van der Waals surface area contributed by atoms with Crippen molar-refractivity contribution in [3.05, 3.63) is 29.8 Å². The lowest BCUT2D eigenvalue weighted by atomic mass is 10.1. The monoisotopic (exact) mass is 280 g/mol. The Kier molecular flexibility index (Phi) is 4.57. The molecule has 96 valence electrons. The van der Waals surface area contributed by atoms with E-state index in [1.807, 2.05) is 31.1 Å². The maximum absolute atomic E-state index is 5.63. The lowest BCUT2D eigenvalue weighted by Crippen LogP contribution is -2.07. The van der Waals surface area contributed by atoms with Gasteiger partial charge in [0.25, 0.3) is 0 Å². The fourth-order valence-corrected chi connectivity index (χ4v) is 3.36. The molecule has 0 aliphatic carbocycles. The van der Waals surface area contributed by atoms with Crippen LogP contribution in [0.15, 0.2) is 33.5 Å². The summed E-state index contributed by atoms with van der Waals surface area (Å²) in [7, 11) is 3.94. The Balaban J connectivity index is 2.17. The molecule has 0 spiro atoms. The molecule has 0 saturated heterocycles. The van der Waals surface area contributed by atoms with Crippen molar-refractivity contribution in [2.24, 2.45) is 5.73 Å². The molecule has 0 aliphatic heterocycles. The van der Waals surface area contributed by atoms with E-state index in [0.717, 1.165) is 15.9 Å². The Hall–Kier alpha value is -1.11. The van der Waals surface area contributed by atoms with Gasteiger partial charge < -0.3 is 10.6 Å². The van der Waals surface area contributed by atoms with Crippen LogP contribution in [0.3, 0.4) is 0 Å². The average Bonchev–Trinajstić information content (AvgIpc) is 2.81. The van der Waals surface area contributed by atoms with Crippen molar-refractivity contribution in [1.82, 2.24) is 10.2 Å². The third kappa shape index (κ3) is 3.22. The van der Waals surface area contributed by atoms with Crippen LogP contribution in [-0.4, -0.2) is 30.8 Å². The van der Waals surface area contributed by atoms with Crippen LogP contribution in [0.1, 0.15) is 5.56 Å². The first-order valence-electron chi connectivity index (χ1n) is 5.67. The largest absolute Gasteiger partial charge is 0.353 e. The van der Waals surface area contributed by atoms with E-state index in [0.29, 0.717) is 6.54 Å². The molecular weight excluding hydrogens is 264 g/mol. The van der Waals surface area contributed by atoms with Gasteiger partial charge in [0.15, 0.2) is 4.34 Å². The SMILES string of the molecule is CN(C)c1nnc(Sc2ccccc2CCN)s1. The number of hydrogen-bond acceptors (Lipinski definition) is 6. The summed E-state index contributed by atoms with van der Waals surface area (Å²) < 4.78 is 0.961. The van der Waals surface area contributed by atoms with Gasteiger partial charge in [-0.2, -0.15) is 0 Å². The predicted octanol–water partition coefficient (Wildman–Crippen LogP) is 2.26. The van der Waals surface area contributed by atoms with E-state index >= 15 is 0 Å². The van der Waals surface area contributed by atoms with Crippen LogP contribution >= 0.6 is 23.1 Å². The van der Waals surface area contributed by atoms with Crippen LogP contribution in [0.2, 0.25) is 0 Å². The van der Waals surface area contributed by atoms with E-state index in [1.54, 1.807) is 23.1 Å². The zero-order valence-corrected chi connectivity index (χ0v) is 12.1. The van der Waals surface area contributed by atoms with Gasteiger partial charge in [0.2, 0.25) is 5.13 Å². The number of nitrogens with two attached hydrogens (primary N) is 1. The minimum Gasteiger partial charge on any atom is -0.353 e. The van der Waals surface area contributed by atoms with Crippen LogP contribution < -0.4 is 10.6 Å². The Morgan fingerprint density at radius 3 is 2.72 bits per heavy atom. The van der Waals surface area contributed by atoms with Crippen LogP contribution in [0.25, 0.3) is 0 Å². The van der Waals surface area contributed by atoms with Gasteiger partial charge in [-0.05, 0) is 24.6 Å². The topological polar surface area (TPSA) is 55.0 Å². The summed E-state index contributed by atoms with van der Waals surface area (Å²) >= 11 is 3.25. The van der Waals surface area contributed by atoms with Crippen molar-refractivity contribution in [3.63, 3.8) is 0 Å². The molecule has 1 aromatic carbocycles. The minimum absolute atomic E-state index is 0.663. The molecule has 2 rings (SSSR count). The molecule has 0 radical (unpaired) electrons. The van der Waals surface area contributed by atoms with E-state index in [-0.39, 0.29) is 0 Å². The van der Waals surface area contributed by atoms with Gasteiger partial charge in [0, 0.05) is 19.0 Å². The number of nitrogens with zero attached hydrogens (tertiary/aromatic N) is 3. The molecule has 0 saturated carbocycles. The molecule has 1 heterocycles. The lowest BCUT2D eigenvalue weighted by Gasteiger charge is -2.06. The Labute approximate surface area is 115 Å². The Morgan fingerprint density at radius 1 is 1.28 bits per heavy atom. The first-order valence-corrected chi connectivity index (χ1v) is 7.30. The average molecular weight is 280 g/mol. The molecule has 0 unspecified atom stereocenters. The van der Waals surface area contributed by atoms with Crippen LogP contribution in [0.4, 0.5) is 5.13 Å². The molecule has 4 nitrogen and oxygen atoms in total. The standard InChI is InChI=1S/C12H16N4S2/c1-16(2)11-14-15-12(18-11)17-10-6-4-3-5-9(10)7-8-13/h3-6H,7-8,13H2,1-2H3. The number of hydrogen-bond donors (Lipinski definition) is 1. The van der Waals surface area contributed by atoms with Gasteiger partial charge in [-0.15, -0.1) is 10.2 Å². The Morgan fingerprint density at radius 2 is 2.06 bits per heavy atom. The minimum atomic E-state index is 0.663. The second-order valence-corrected chi connectivity index (χ2v) is 6.24. The fraction of sp³-hybridized carbons (Fsp3) is 0.333. The molecule has 18 heavy (non-hydrogen) atoms. The van der Waals surface area contributed by atoms with Gasteiger partial charge in [-0.1, -0.05) is 41.3 Å². The number of aromatic nitrogens is 2. The normalized spacial score (nSPS) is 10.6. The molecule has 0 amide bonds. The van der Waals surface area contributed by atoms with Crippen molar-refractivity contribution >= 4 is 28.2 Å². The summed E-state index contributed by atoms with van der Waals surface area (Å²) in [6, 6.07) is 8.30. The number of benzene rings is 1. The molecule has 0 fully saturated rings. The van der Waals surface area contributed by atoms with Crippen LogP contribution in [0.5, 0.6) is 0 Å². The maximum atomic E-state index is 5.63. The van der Waals surface area contributed by atoms with Gasteiger partial charge in [0.1, 0.15) is 0 Å². The van der Waals surface area contributed by atoms with E-state index in [2.05, 4.69) is 22.3 Å². The van der Waals surface area contributed by atoms with Crippen molar-refractivity contribution < 1.29 is 0 Å².